The lowest BCUT2D eigenvalue weighted by atomic mass is 9.85. The van der Waals surface area contributed by atoms with Gasteiger partial charge in [0.2, 0.25) is 5.91 Å². The fourth-order valence-corrected chi connectivity index (χ4v) is 4.51. The SMILES string of the molecule is CC(C)(C)[C@H](NC(=O)OCc1ccccc1)C(=O)N1C(C(=O)O)CC2CCCC21. The molecule has 0 aromatic heterocycles. The summed E-state index contributed by atoms with van der Waals surface area (Å²) in [6, 6.07) is 7.53. The second kappa shape index (κ2) is 8.43. The Kier molecular flexibility index (Phi) is 6.15. The van der Waals surface area contributed by atoms with Crippen molar-refractivity contribution in [3.63, 3.8) is 0 Å². The number of aliphatic carboxylic acids is 1. The Bertz CT molecular complexity index is 758. The summed E-state index contributed by atoms with van der Waals surface area (Å²) in [5.41, 5.74) is 0.253. The van der Waals surface area contributed by atoms with Gasteiger partial charge in [-0.25, -0.2) is 9.59 Å². The summed E-state index contributed by atoms with van der Waals surface area (Å²) < 4.78 is 5.29. The molecule has 0 bridgehead atoms. The molecular formula is C22H30N2O5. The van der Waals surface area contributed by atoms with Crippen molar-refractivity contribution in [3.05, 3.63) is 35.9 Å². The summed E-state index contributed by atoms with van der Waals surface area (Å²) >= 11 is 0. The van der Waals surface area contributed by atoms with Gasteiger partial charge in [-0.3, -0.25) is 4.79 Å². The van der Waals surface area contributed by atoms with Crippen molar-refractivity contribution in [1.82, 2.24) is 10.2 Å². The van der Waals surface area contributed by atoms with Gasteiger partial charge in [0.05, 0.1) is 0 Å². The highest BCUT2D eigenvalue weighted by Crippen LogP contribution is 2.42. The first-order chi connectivity index (χ1) is 13.7. The number of carbonyl (C=O) groups is 3. The van der Waals surface area contributed by atoms with Gasteiger partial charge in [0.25, 0.3) is 0 Å². The second-order valence-electron chi connectivity index (χ2n) is 9.10. The maximum Gasteiger partial charge on any atom is 0.408 e. The van der Waals surface area contributed by atoms with Gasteiger partial charge in [-0.15, -0.1) is 0 Å². The molecule has 0 spiro atoms. The number of rotatable bonds is 5. The zero-order valence-electron chi connectivity index (χ0n) is 17.3. The van der Waals surface area contributed by atoms with E-state index < -0.39 is 29.6 Å². The highest BCUT2D eigenvalue weighted by atomic mass is 16.5. The number of likely N-dealkylation sites (tertiary alicyclic amines) is 1. The van der Waals surface area contributed by atoms with Gasteiger partial charge in [0, 0.05) is 6.04 Å². The zero-order valence-corrected chi connectivity index (χ0v) is 17.3. The van der Waals surface area contributed by atoms with E-state index >= 15 is 0 Å². The monoisotopic (exact) mass is 402 g/mol. The average Bonchev–Trinajstić information content (AvgIpc) is 3.25. The molecule has 1 aliphatic heterocycles. The predicted molar refractivity (Wildman–Crippen MR) is 107 cm³/mol. The Morgan fingerprint density at radius 3 is 2.52 bits per heavy atom. The maximum atomic E-state index is 13.5. The van der Waals surface area contributed by atoms with Crippen LogP contribution in [0.5, 0.6) is 0 Å². The first kappa shape index (κ1) is 21.1. The van der Waals surface area contributed by atoms with Crippen molar-refractivity contribution in [2.45, 2.75) is 71.2 Å². The molecule has 2 amide bonds. The molecule has 1 saturated carbocycles. The van der Waals surface area contributed by atoms with Crippen LogP contribution in [0.15, 0.2) is 30.3 Å². The molecule has 1 aliphatic carbocycles. The fraction of sp³-hybridized carbons (Fsp3) is 0.591. The molecule has 3 unspecified atom stereocenters. The number of benzene rings is 1. The molecule has 0 radical (unpaired) electrons. The lowest BCUT2D eigenvalue weighted by Gasteiger charge is -2.37. The molecule has 1 aromatic rings. The molecular weight excluding hydrogens is 372 g/mol. The summed E-state index contributed by atoms with van der Waals surface area (Å²) in [6.45, 7) is 5.66. The van der Waals surface area contributed by atoms with Crippen LogP contribution in [-0.4, -0.2) is 46.1 Å². The van der Waals surface area contributed by atoms with Crippen LogP contribution in [-0.2, 0) is 20.9 Å². The normalized spacial score (nSPS) is 24.7. The van der Waals surface area contributed by atoms with Crippen LogP contribution in [0.25, 0.3) is 0 Å². The quantitative estimate of drug-likeness (QED) is 0.789. The lowest BCUT2D eigenvalue weighted by Crippen LogP contribution is -2.58. The summed E-state index contributed by atoms with van der Waals surface area (Å²) in [6.07, 6.45) is 2.57. The molecule has 1 heterocycles. The smallest absolute Gasteiger partial charge is 0.408 e. The second-order valence-corrected chi connectivity index (χ2v) is 9.10. The number of hydrogen-bond donors (Lipinski definition) is 2. The van der Waals surface area contributed by atoms with E-state index in [0.29, 0.717) is 6.42 Å². The Hall–Kier alpha value is -2.57. The Morgan fingerprint density at radius 1 is 1.21 bits per heavy atom. The Labute approximate surface area is 171 Å². The molecule has 2 N–H and O–H groups in total. The minimum absolute atomic E-state index is 0.0596. The number of carboxylic acid groups (broad SMARTS) is 1. The largest absolute Gasteiger partial charge is 0.480 e. The van der Waals surface area contributed by atoms with E-state index in [1.807, 2.05) is 51.1 Å². The third-order valence-electron chi connectivity index (χ3n) is 5.97. The van der Waals surface area contributed by atoms with Crippen molar-refractivity contribution < 1.29 is 24.2 Å². The number of carboxylic acids is 1. The summed E-state index contributed by atoms with van der Waals surface area (Å²) in [7, 11) is 0. The Balaban J connectivity index is 1.73. The van der Waals surface area contributed by atoms with Crippen LogP contribution < -0.4 is 5.32 Å². The van der Waals surface area contributed by atoms with Gasteiger partial charge >= 0.3 is 12.1 Å². The lowest BCUT2D eigenvalue weighted by molar-refractivity contribution is -0.151. The van der Waals surface area contributed by atoms with Gasteiger partial charge in [-0.2, -0.15) is 0 Å². The molecule has 4 atom stereocenters. The minimum Gasteiger partial charge on any atom is -0.480 e. The van der Waals surface area contributed by atoms with Gasteiger partial charge in [-0.05, 0) is 36.2 Å². The van der Waals surface area contributed by atoms with Gasteiger partial charge in [-0.1, -0.05) is 57.5 Å². The highest BCUT2D eigenvalue weighted by Gasteiger charge is 2.51. The molecule has 1 saturated heterocycles. The van der Waals surface area contributed by atoms with Crippen LogP contribution in [0.4, 0.5) is 4.79 Å². The van der Waals surface area contributed by atoms with E-state index in [-0.39, 0.29) is 24.5 Å². The third-order valence-corrected chi connectivity index (χ3v) is 5.97. The zero-order chi connectivity index (χ0) is 21.2. The van der Waals surface area contributed by atoms with E-state index in [1.54, 1.807) is 0 Å². The fourth-order valence-electron chi connectivity index (χ4n) is 4.51. The van der Waals surface area contributed by atoms with Crippen molar-refractivity contribution in [3.8, 4) is 0 Å². The summed E-state index contributed by atoms with van der Waals surface area (Å²) in [5, 5.41) is 12.4. The number of ether oxygens (including phenoxy) is 1. The van der Waals surface area contributed by atoms with Crippen molar-refractivity contribution in [2.75, 3.05) is 0 Å². The number of nitrogens with one attached hydrogen (secondary N) is 1. The van der Waals surface area contributed by atoms with Gasteiger partial charge in [0.1, 0.15) is 18.7 Å². The van der Waals surface area contributed by atoms with E-state index in [0.717, 1.165) is 24.8 Å². The van der Waals surface area contributed by atoms with Gasteiger partial charge < -0.3 is 20.1 Å². The molecule has 158 valence electrons. The molecule has 3 rings (SSSR count). The van der Waals surface area contributed by atoms with E-state index in [1.165, 1.54) is 4.90 Å². The number of nitrogens with zero attached hydrogens (tertiary/aromatic N) is 1. The molecule has 1 aromatic carbocycles. The molecule has 2 aliphatic rings. The first-order valence-electron chi connectivity index (χ1n) is 10.2. The average molecular weight is 402 g/mol. The van der Waals surface area contributed by atoms with Crippen molar-refractivity contribution in [1.29, 1.82) is 0 Å². The maximum absolute atomic E-state index is 13.5. The van der Waals surface area contributed by atoms with Crippen molar-refractivity contribution in [2.24, 2.45) is 11.3 Å². The molecule has 7 heteroatoms. The van der Waals surface area contributed by atoms with Crippen molar-refractivity contribution >= 4 is 18.0 Å². The first-order valence-corrected chi connectivity index (χ1v) is 10.2. The predicted octanol–water partition coefficient (Wildman–Crippen LogP) is 3.18. The molecule has 2 fully saturated rings. The minimum atomic E-state index is -0.980. The number of carbonyl (C=O) groups excluding carboxylic acids is 2. The number of hydrogen-bond acceptors (Lipinski definition) is 4. The van der Waals surface area contributed by atoms with E-state index in [4.69, 9.17) is 4.74 Å². The van der Waals surface area contributed by atoms with Crippen LogP contribution in [0, 0.1) is 11.3 Å². The highest BCUT2D eigenvalue weighted by molar-refractivity contribution is 5.90. The topological polar surface area (TPSA) is 95.9 Å². The van der Waals surface area contributed by atoms with E-state index in [9.17, 15) is 19.5 Å². The summed E-state index contributed by atoms with van der Waals surface area (Å²) in [5.74, 6) is -1.09. The summed E-state index contributed by atoms with van der Waals surface area (Å²) in [4.78, 5) is 39.2. The standard InChI is InChI=1S/C22H30N2O5/c1-22(2,3)18(23-21(28)29-13-14-8-5-4-6-9-14)19(25)24-16-11-7-10-15(16)12-17(24)20(26)27/h4-6,8-9,15-18H,7,10-13H2,1-3H3,(H,23,28)(H,26,27)/t15?,16?,17?,18-/m1/s1. The van der Waals surface area contributed by atoms with Crippen LogP contribution in [0.1, 0.15) is 52.0 Å². The molecule has 29 heavy (non-hydrogen) atoms. The Morgan fingerprint density at radius 2 is 1.90 bits per heavy atom. The van der Waals surface area contributed by atoms with Crippen LogP contribution in [0.2, 0.25) is 0 Å². The number of fused-ring (bicyclic) bond motifs is 1. The van der Waals surface area contributed by atoms with Crippen LogP contribution in [0.3, 0.4) is 0 Å². The van der Waals surface area contributed by atoms with Crippen LogP contribution >= 0.6 is 0 Å². The van der Waals surface area contributed by atoms with E-state index in [2.05, 4.69) is 5.32 Å². The third kappa shape index (κ3) is 4.71. The molecule has 7 nitrogen and oxygen atoms in total. The number of alkyl carbamates (subject to hydrolysis) is 1. The number of amides is 2. The van der Waals surface area contributed by atoms with Gasteiger partial charge in [0.15, 0.2) is 0 Å².